The molecule has 2 heterocycles. The Morgan fingerprint density at radius 1 is 1.26 bits per heavy atom. The maximum atomic E-state index is 6.16. The Labute approximate surface area is 183 Å². The SMILES string of the molecule is CN=C(NCc1ccccc1Oc1cccc(C)c1)N1CCOC(c2cnn(C)c2)C1. The van der Waals surface area contributed by atoms with Gasteiger partial charge in [0.25, 0.3) is 0 Å². The molecule has 1 unspecified atom stereocenters. The normalized spacial score (nSPS) is 16.9. The molecule has 0 bridgehead atoms. The van der Waals surface area contributed by atoms with E-state index < -0.39 is 0 Å². The van der Waals surface area contributed by atoms with E-state index in [9.17, 15) is 0 Å². The van der Waals surface area contributed by atoms with E-state index in [1.54, 1.807) is 4.68 Å². The highest BCUT2D eigenvalue weighted by atomic mass is 16.5. The molecule has 31 heavy (non-hydrogen) atoms. The van der Waals surface area contributed by atoms with Gasteiger partial charge in [-0.2, -0.15) is 5.10 Å². The number of rotatable bonds is 5. The lowest BCUT2D eigenvalue weighted by Crippen LogP contribution is -2.47. The summed E-state index contributed by atoms with van der Waals surface area (Å²) in [5.74, 6) is 2.53. The summed E-state index contributed by atoms with van der Waals surface area (Å²) in [6.07, 6.45) is 3.85. The van der Waals surface area contributed by atoms with Crippen LogP contribution in [-0.2, 0) is 18.3 Å². The molecule has 1 atom stereocenters. The second-order valence-corrected chi connectivity index (χ2v) is 7.68. The molecule has 2 aromatic carbocycles. The van der Waals surface area contributed by atoms with Gasteiger partial charge < -0.3 is 19.7 Å². The van der Waals surface area contributed by atoms with Crippen LogP contribution in [0, 0.1) is 6.92 Å². The van der Waals surface area contributed by atoms with E-state index in [2.05, 4.69) is 39.4 Å². The van der Waals surface area contributed by atoms with Gasteiger partial charge in [-0.1, -0.05) is 30.3 Å². The fourth-order valence-corrected chi connectivity index (χ4v) is 3.71. The Hall–Kier alpha value is -3.32. The summed E-state index contributed by atoms with van der Waals surface area (Å²) in [7, 11) is 3.73. The zero-order chi connectivity index (χ0) is 21.6. The number of hydrogen-bond donors (Lipinski definition) is 1. The molecule has 1 aliphatic heterocycles. The van der Waals surface area contributed by atoms with Crippen molar-refractivity contribution in [2.24, 2.45) is 12.0 Å². The van der Waals surface area contributed by atoms with Crippen LogP contribution in [-0.4, -0.2) is 47.4 Å². The number of aryl methyl sites for hydroxylation is 2. The molecule has 7 nitrogen and oxygen atoms in total. The maximum Gasteiger partial charge on any atom is 0.194 e. The molecule has 0 amide bonds. The third-order valence-electron chi connectivity index (χ3n) is 5.30. The lowest BCUT2D eigenvalue weighted by Gasteiger charge is -2.34. The van der Waals surface area contributed by atoms with Crippen molar-refractivity contribution >= 4 is 5.96 Å². The first-order valence-electron chi connectivity index (χ1n) is 10.5. The van der Waals surface area contributed by atoms with Crippen molar-refractivity contribution in [3.05, 3.63) is 77.6 Å². The van der Waals surface area contributed by atoms with Gasteiger partial charge in [-0.3, -0.25) is 9.67 Å². The number of benzene rings is 2. The highest BCUT2D eigenvalue weighted by Gasteiger charge is 2.25. The van der Waals surface area contributed by atoms with E-state index in [1.165, 1.54) is 5.56 Å². The number of para-hydroxylation sites is 1. The van der Waals surface area contributed by atoms with Gasteiger partial charge in [0.05, 0.1) is 19.3 Å². The van der Waals surface area contributed by atoms with Crippen molar-refractivity contribution in [3.8, 4) is 11.5 Å². The molecule has 4 rings (SSSR count). The molecule has 0 radical (unpaired) electrons. The number of aliphatic imine (C=N–C) groups is 1. The van der Waals surface area contributed by atoms with Gasteiger partial charge in [0.1, 0.15) is 17.6 Å². The molecule has 1 fully saturated rings. The van der Waals surface area contributed by atoms with Crippen LogP contribution in [0.15, 0.2) is 65.9 Å². The molecule has 1 N–H and O–H groups in total. The van der Waals surface area contributed by atoms with Crippen LogP contribution in [0.4, 0.5) is 0 Å². The van der Waals surface area contributed by atoms with E-state index in [0.29, 0.717) is 13.2 Å². The zero-order valence-corrected chi connectivity index (χ0v) is 18.3. The maximum absolute atomic E-state index is 6.16. The highest BCUT2D eigenvalue weighted by molar-refractivity contribution is 5.80. The van der Waals surface area contributed by atoms with E-state index in [4.69, 9.17) is 9.47 Å². The van der Waals surface area contributed by atoms with Gasteiger partial charge >= 0.3 is 0 Å². The molecule has 0 aliphatic carbocycles. The van der Waals surface area contributed by atoms with Crippen molar-refractivity contribution in [2.45, 2.75) is 19.6 Å². The summed E-state index contributed by atoms with van der Waals surface area (Å²) in [5.41, 5.74) is 3.32. The van der Waals surface area contributed by atoms with Crippen LogP contribution in [0.2, 0.25) is 0 Å². The van der Waals surface area contributed by atoms with Crippen LogP contribution >= 0.6 is 0 Å². The van der Waals surface area contributed by atoms with Gasteiger partial charge in [-0.25, -0.2) is 0 Å². The van der Waals surface area contributed by atoms with Gasteiger partial charge in [0.2, 0.25) is 0 Å². The predicted molar refractivity (Wildman–Crippen MR) is 121 cm³/mol. The minimum atomic E-state index is -0.0158. The van der Waals surface area contributed by atoms with Crippen LogP contribution in [0.25, 0.3) is 0 Å². The summed E-state index contributed by atoms with van der Waals surface area (Å²) in [5, 5.41) is 7.76. The topological polar surface area (TPSA) is 63.9 Å². The number of hydrogen-bond acceptors (Lipinski definition) is 4. The summed E-state index contributed by atoms with van der Waals surface area (Å²) in [4.78, 5) is 6.73. The lowest BCUT2D eigenvalue weighted by atomic mass is 10.1. The Morgan fingerprint density at radius 2 is 2.13 bits per heavy atom. The summed E-state index contributed by atoms with van der Waals surface area (Å²) in [6, 6.07) is 16.2. The van der Waals surface area contributed by atoms with E-state index in [0.717, 1.165) is 41.7 Å². The number of ether oxygens (including phenoxy) is 2. The van der Waals surface area contributed by atoms with E-state index in [1.807, 2.05) is 62.9 Å². The molecule has 7 heteroatoms. The Balaban J connectivity index is 1.42. The predicted octanol–water partition coefficient (Wildman–Crippen LogP) is 3.67. The molecular formula is C24H29N5O2. The van der Waals surface area contributed by atoms with Gasteiger partial charge in [-0.15, -0.1) is 0 Å². The largest absolute Gasteiger partial charge is 0.457 e. The van der Waals surface area contributed by atoms with Gasteiger partial charge in [-0.05, 0) is 30.7 Å². The van der Waals surface area contributed by atoms with Crippen LogP contribution in [0.5, 0.6) is 11.5 Å². The average Bonchev–Trinajstić information content (AvgIpc) is 3.22. The van der Waals surface area contributed by atoms with Gasteiger partial charge in [0.15, 0.2) is 5.96 Å². The minimum absolute atomic E-state index is 0.0158. The first-order chi connectivity index (χ1) is 15.1. The van der Waals surface area contributed by atoms with Crippen molar-refractivity contribution < 1.29 is 9.47 Å². The second-order valence-electron chi connectivity index (χ2n) is 7.68. The fourth-order valence-electron chi connectivity index (χ4n) is 3.71. The summed E-state index contributed by atoms with van der Waals surface area (Å²) < 4.78 is 13.9. The average molecular weight is 420 g/mol. The lowest BCUT2D eigenvalue weighted by molar-refractivity contribution is -0.00805. The van der Waals surface area contributed by atoms with Crippen LogP contribution < -0.4 is 10.1 Å². The molecule has 0 spiro atoms. The molecule has 162 valence electrons. The van der Waals surface area contributed by atoms with E-state index >= 15 is 0 Å². The fraction of sp³-hybridized carbons (Fsp3) is 0.333. The third-order valence-corrected chi connectivity index (χ3v) is 5.30. The van der Waals surface area contributed by atoms with Gasteiger partial charge in [0, 0.05) is 44.5 Å². The van der Waals surface area contributed by atoms with Crippen LogP contribution in [0.1, 0.15) is 22.8 Å². The Morgan fingerprint density at radius 3 is 2.90 bits per heavy atom. The molecule has 1 aliphatic rings. The van der Waals surface area contributed by atoms with Crippen molar-refractivity contribution in [1.82, 2.24) is 20.0 Å². The Kier molecular flexibility index (Phi) is 6.52. The van der Waals surface area contributed by atoms with Crippen molar-refractivity contribution in [1.29, 1.82) is 0 Å². The number of nitrogens with one attached hydrogen (secondary N) is 1. The standard InChI is InChI=1S/C24H29N5O2/c1-18-7-6-9-21(13-18)31-22-10-5-4-8-19(22)14-26-24(25-2)29-11-12-30-23(17-29)20-15-27-28(3)16-20/h4-10,13,15-16,23H,11-12,14,17H2,1-3H3,(H,25,26). The monoisotopic (exact) mass is 419 g/mol. The summed E-state index contributed by atoms with van der Waals surface area (Å²) in [6.45, 7) is 4.84. The zero-order valence-electron chi connectivity index (χ0n) is 18.3. The number of morpholine rings is 1. The minimum Gasteiger partial charge on any atom is -0.457 e. The first kappa shape index (κ1) is 20.9. The quantitative estimate of drug-likeness (QED) is 0.505. The number of guanidine groups is 1. The molecule has 3 aromatic rings. The van der Waals surface area contributed by atoms with Crippen molar-refractivity contribution in [2.75, 3.05) is 26.7 Å². The third kappa shape index (κ3) is 5.24. The molecular weight excluding hydrogens is 390 g/mol. The Bertz CT molecular complexity index is 1050. The molecule has 0 saturated carbocycles. The molecule has 1 saturated heterocycles. The van der Waals surface area contributed by atoms with E-state index in [-0.39, 0.29) is 6.10 Å². The second kappa shape index (κ2) is 9.66. The van der Waals surface area contributed by atoms with Crippen LogP contribution in [0.3, 0.4) is 0 Å². The highest BCUT2D eigenvalue weighted by Crippen LogP contribution is 2.26. The summed E-state index contributed by atoms with van der Waals surface area (Å²) >= 11 is 0. The number of nitrogens with zero attached hydrogens (tertiary/aromatic N) is 4. The number of aromatic nitrogens is 2. The van der Waals surface area contributed by atoms with Crippen molar-refractivity contribution in [3.63, 3.8) is 0 Å². The molecule has 1 aromatic heterocycles. The smallest absolute Gasteiger partial charge is 0.194 e. The first-order valence-corrected chi connectivity index (χ1v) is 10.5.